The Balaban J connectivity index is 2.36. The molecule has 0 bridgehead atoms. The predicted molar refractivity (Wildman–Crippen MR) is 110 cm³/mol. The third-order valence-corrected chi connectivity index (χ3v) is 5.63. The molecule has 2 atom stereocenters. The Hall–Kier alpha value is -2.34. The number of amides is 1. The van der Waals surface area contributed by atoms with E-state index in [9.17, 15) is 13.2 Å². The van der Waals surface area contributed by atoms with E-state index in [1.165, 1.54) is 4.31 Å². The lowest BCUT2D eigenvalue weighted by Crippen LogP contribution is -2.49. The molecular formula is C21H28N2O3S. The van der Waals surface area contributed by atoms with Gasteiger partial charge in [0, 0.05) is 0 Å². The number of sulfonamides is 1. The number of benzene rings is 2. The highest BCUT2D eigenvalue weighted by Gasteiger charge is 2.32. The van der Waals surface area contributed by atoms with E-state index in [0.29, 0.717) is 12.1 Å². The lowest BCUT2D eigenvalue weighted by molar-refractivity contribution is -0.122. The highest BCUT2D eigenvalue weighted by Crippen LogP contribution is 2.25. The molecule has 1 N–H and O–H groups in total. The molecule has 2 aromatic carbocycles. The Kier molecular flexibility index (Phi) is 6.65. The zero-order valence-electron chi connectivity index (χ0n) is 16.6. The minimum atomic E-state index is -3.64. The number of hydrogen-bond acceptors (Lipinski definition) is 3. The van der Waals surface area contributed by atoms with Gasteiger partial charge in [0.25, 0.3) is 0 Å². The van der Waals surface area contributed by atoms with Crippen LogP contribution in [-0.2, 0) is 14.8 Å². The first-order valence-corrected chi connectivity index (χ1v) is 10.9. The second kappa shape index (κ2) is 8.57. The Morgan fingerprint density at radius 2 is 1.63 bits per heavy atom. The van der Waals surface area contributed by atoms with Crippen LogP contribution < -0.4 is 9.62 Å². The summed E-state index contributed by atoms with van der Waals surface area (Å²) in [5, 5.41) is 2.95. The minimum absolute atomic E-state index is 0.214. The summed E-state index contributed by atoms with van der Waals surface area (Å²) in [6, 6.07) is 14.1. The zero-order valence-corrected chi connectivity index (χ0v) is 17.4. The molecule has 27 heavy (non-hydrogen) atoms. The number of aryl methyl sites for hydroxylation is 2. The van der Waals surface area contributed by atoms with Crippen molar-refractivity contribution in [3.63, 3.8) is 0 Å². The van der Waals surface area contributed by atoms with E-state index >= 15 is 0 Å². The first-order valence-electron chi connectivity index (χ1n) is 9.06. The Bertz CT molecular complexity index is 875. The molecule has 0 aliphatic rings. The average Bonchev–Trinajstić information content (AvgIpc) is 2.58. The van der Waals surface area contributed by atoms with Gasteiger partial charge < -0.3 is 5.32 Å². The van der Waals surface area contributed by atoms with Gasteiger partial charge in [-0.15, -0.1) is 0 Å². The summed E-state index contributed by atoms with van der Waals surface area (Å²) < 4.78 is 26.4. The maximum absolute atomic E-state index is 13.0. The second-order valence-electron chi connectivity index (χ2n) is 6.97. The van der Waals surface area contributed by atoms with Crippen LogP contribution in [0.5, 0.6) is 0 Å². The summed E-state index contributed by atoms with van der Waals surface area (Å²) in [5.74, 6) is -0.307. The maximum Gasteiger partial charge on any atom is 0.244 e. The summed E-state index contributed by atoms with van der Waals surface area (Å²) in [7, 11) is -3.64. The van der Waals surface area contributed by atoms with Crippen molar-refractivity contribution in [3.05, 3.63) is 65.2 Å². The molecule has 0 aliphatic heterocycles. The van der Waals surface area contributed by atoms with Gasteiger partial charge in [0.2, 0.25) is 15.9 Å². The SMILES string of the molecule is CC[C@H](C(=O)N[C@@H](C)c1ccccc1)N(c1cc(C)cc(C)c1)S(C)(=O)=O. The van der Waals surface area contributed by atoms with Gasteiger partial charge in [0.1, 0.15) is 6.04 Å². The van der Waals surface area contributed by atoms with Crippen molar-refractivity contribution in [1.29, 1.82) is 0 Å². The maximum atomic E-state index is 13.0. The molecule has 0 heterocycles. The molecule has 0 fully saturated rings. The topological polar surface area (TPSA) is 66.5 Å². The van der Waals surface area contributed by atoms with Crippen LogP contribution in [0.1, 0.15) is 43.0 Å². The van der Waals surface area contributed by atoms with Crippen LogP contribution in [0.25, 0.3) is 0 Å². The molecule has 0 radical (unpaired) electrons. The van der Waals surface area contributed by atoms with Crippen LogP contribution in [0, 0.1) is 13.8 Å². The van der Waals surface area contributed by atoms with Crippen molar-refractivity contribution >= 4 is 21.6 Å². The minimum Gasteiger partial charge on any atom is -0.348 e. The average molecular weight is 389 g/mol. The van der Waals surface area contributed by atoms with E-state index in [2.05, 4.69) is 5.32 Å². The fourth-order valence-corrected chi connectivity index (χ4v) is 4.47. The number of nitrogens with one attached hydrogen (secondary N) is 1. The number of carbonyl (C=O) groups is 1. The highest BCUT2D eigenvalue weighted by molar-refractivity contribution is 7.92. The van der Waals surface area contributed by atoms with Gasteiger partial charge in [0.05, 0.1) is 18.0 Å². The molecule has 0 saturated carbocycles. The van der Waals surface area contributed by atoms with E-state index in [4.69, 9.17) is 0 Å². The highest BCUT2D eigenvalue weighted by atomic mass is 32.2. The molecule has 6 heteroatoms. The van der Waals surface area contributed by atoms with Crippen molar-refractivity contribution in [1.82, 2.24) is 5.32 Å². The number of carbonyl (C=O) groups excluding carboxylic acids is 1. The number of hydrogen-bond donors (Lipinski definition) is 1. The molecule has 0 spiro atoms. The normalized spacial score (nSPS) is 13.7. The second-order valence-corrected chi connectivity index (χ2v) is 8.83. The van der Waals surface area contributed by atoms with Crippen LogP contribution in [0.15, 0.2) is 48.5 Å². The third kappa shape index (κ3) is 5.32. The van der Waals surface area contributed by atoms with Crippen molar-refractivity contribution in [2.45, 2.75) is 46.2 Å². The van der Waals surface area contributed by atoms with Gasteiger partial charge in [-0.1, -0.05) is 43.3 Å². The molecule has 0 aromatic heterocycles. The van der Waals surface area contributed by atoms with Crippen molar-refractivity contribution in [3.8, 4) is 0 Å². The molecule has 2 aromatic rings. The van der Waals surface area contributed by atoms with Crippen LogP contribution in [0.2, 0.25) is 0 Å². The number of nitrogens with zero attached hydrogens (tertiary/aromatic N) is 1. The monoisotopic (exact) mass is 388 g/mol. The fourth-order valence-electron chi connectivity index (χ4n) is 3.27. The van der Waals surface area contributed by atoms with Crippen molar-refractivity contribution in [2.75, 3.05) is 10.6 Å². The van der Waals surface area contributed by atoms with Gasteiger partial charge in [-0.05, 0) is 56.0 Å². The number of anilines is 1. The lowest BCUT2D eigenvalue weighted by Gasteiger charge is -2.31. The molecule has 2 rings (SSSR count). The van der Waals surface area contributed by atoms with Crippen molar-refractivity contribution < 1.29 is 13.2 Å². The third-order valence-electron chi connectivity index (χ3n) is 4.45. The Morgan fingerprint density at radius 1 is 1.07 bits per heavy atom. The van der Waals surface area contributed by atoms with Gasteiger partial charge >= 0.3 is 0 Å². The van der Waals surface area contributed by atoms with Crippen LogP contribution in [-0.4, -0.2) is 26.6 Å². The zero-order chi connectivity index (χ0) is 20.2. The lowest BCUT2D eigenvalue weighted by atomic mass is 10.1. The summed E-state index contributed by atoms with van der Waals surface area (Å²) in [4.78, 5) is 13.0. The van der Waals surface area contributed by atoms with Gasteiger partial charge in [-0.25, -0.2) is 8.42 Å². The van der Waals surface area contributed by atoms with E-state index in [1.54, 1.807) is 12.1 Å². The first-order chi connectivity index (χ1) is 12.6. The van der Waals surface area contributed by atoms with Crippen LogP contribution in [0.3, 0.4) is 0 Å². The summed E-state index contributed by atoms with van der Waals surface area (Å²) in [6.07, 6.45) is 1.51. The summed E-state index contributed by atoms with van der Waals surface area (Å²) in [6.45, 7) is 7.53. The van der Waals surface area contributed by atoms with E-state index < -0.39 is 16.1 Å². The predicted octanol–water partition coefficient (Wildman–Crippen LogP) is 3.73. The Labute approximate surface area is 162 Å². The summed E-state index contributed by atoms with van der Waals surface area (Å²) >= 11 is 0. The van der Waals surface area contributed by atoms with Crippen LogP contribution >= 0.6 is 0 Å². The molecule has 0 saturated heterocycles. The number of rotatable bonds is 7. The van der Waals surface area contributed by atoms with E-state index in [1.807, 2.05) is 64.1 Å². The molecule has 1 amide bonds. The van der Waals surface area contributed by atoms with Gasteiger partial charge in [-0.2, -0.15) is 0 Å². The molecule has 5 nitrogen and oxygen atoms in total. The Morgan fingerprint density at radius 3 is 2.11 bits per heavy atom. The smallest absolute Gasteiger partial charge is 0.244 e. The quantitative estimate of drug-likeness (QED) is 0.786. The van der Waals surface area contributed by atoms with Gasteiger partial charge in [-0.3, -0.25) is 9.10 Å². The first kappa shape index (κ1) is 21.0. The summed E-state index contributed by atoms with van der Waals surface area (Å²) in [5.41, 5.74) is 3.39. The van der Waals surface area contributed by atoms with Gasteiger partial charge in [0.15, 0.2) is 0 Å². The standard InChI is InChI=1S/C21H28N2O3S/c1-6-20(21(24)22-17(4)18-10-8-7-9-11-18)23(27(5,25)26)19-13-15(2)12-16(3)14-19/h7-14,17,20H,6H2,1-5H3,(H,22,24)/t17-,20+/m0/s1. The fraction of sp³-hybridized carbons (Fsp3) is 0.381. The van der Waals surface area contributed by atoms with E-state index in [-0.39, 0.29) is 11.9 Å². The molecule has 0 aliphatic carbocycles. The van der Waals surface area contributed by atoms with Crippen LogP contribution in [0.4, 0.5) is 5.69 Å². The van der Waals surface area contributed by atoms with E-state index in [0.717, 1.165) is 22.9 Å². The molecular weight excluding hydrogens is 360 g/mol. The largest absolute Gasteiger partial charge is 0.348 e. The van der Waals surface area contributed by atoms with Crippen molar-refractivity contribution in [2.24, 2.45) is 0 Å². The molecule has 0 unspecified atom stereocenters. The molecule has 146 valence electrons.